The van der Waals surface area contributed by atoms with Crippen molar-refractivity contribution in [2.75, 3.05) is 0 Å². The molecular formula is C9H10ClPd-. The Morgan fingerprint density at radius 3 is 2.09 bits per heavy atom. The van der Waals surface area contributed by atoms with Crippen LogP contribution in [0.15, 0.2) is 36.4 Å². The third kappa shape index (κ3) is 5.10. The van der Waals surface area contributed by atoms with Crippen molar-refractivity contribution in [3.63, 3.8) is 0 Å². The SMILES string of the molecule is Cl.[CH2-]C=Cc1ccccc1.[Pd]. The zero-order valence-corrected chi connectivity index (χ0v) is 8.34. The van der Waals surface area contributed by atoms with Gasteiger partial charge in [-0.15, -0.1) is 18.0 Å². The number of benzene rings is 1. The van der Waals surface area contributed by atoms with E-state index in [0.717, 1.165) is 0 Å². The number of rotatable bonds is 1. The summed E-state index contributed by atoms with van der Waals surface area (Å²) in [6, 6.07) is 10.1. The molecule has 0 N–H and O–H groups in total. The molecule has 0 aliphatic carbocycles. The third-order valence-electron chi connectivity index (χ3n) is 1.11. The summed E-state index contributed by atoms with van der Waals surface area (Å²) in [6.45, 7) is 3.60. The summed E-state index contributed by atoms with van der Waals surface area (Å²) >= 11 is 0. The summed E-state index contributed by atoms with van der Waals surface area (Å²) in [6.07, 6.45) is 3.76. The van der Waals surface area contributed by atoms with E-state index in [2.05, 4.69) is 6.92 Å². The van der Waals surface area contributed by atoms with Crippen LogP contribution in [-0.2, 0) is 20.4 Å². The Kier molecular flexibility index (Phi) is 9.59. The molecule has 2 heteroatoms. The smallest absolute Gasteiger partial charge is 0 e. The van der Waals surface area contributed by atoms with Gasteiger partial charge in [0.25, 0.3) is 0 Å². The van der Waals surface area contributed by atoms with Gasteiger partial charge in [0.1, 0.15) is 0 Å². The summed E-state index contributed by atoms with van der Waals surface area (Å²) in [5.74, 6) is 0. The van der Waals surface area contributed by atoms with Gasteiger partial charge in [-0.3, -0.25) is 0 Å². The summed E-state index contributed by atoms with van der Waals surface area (Å²) < 4.78 is 0. The molecule has 0 saturated carbocycles. The zero-order valence-electron chi connectivity index (χ0n) is 5.97. The van der Waals surface area contributed by atoms with Crippen molar-refractivity contribution in [3.8, 4) is 0 Å². The first kappa shape index (κ1) is 13.4. The van der Waals surface area contributed by atoms with Crippen LogP contribution in [0.1, 0.15) is 5.56 Å². The predicted octanol–water partition coefficient (Wildman–Crippen LogP) is 2.95. The normalized spacial score (nSPS) is 8.36. The second kappa shape index (κ2) is 7.88. The van der Waals surface area contributed by atoms with E-state index in [1.807, 2.05) is 36.4 Å². The van der Waals surface area contributed by atoms with Gasteiger partial charge in [0.05, 0.1) is 0 Å². The van der Waals surface area contributed by atoms with Gasteiger partial charge in [-0.05, 0) is 0 Å². The predicted molar refractivity (Wildman–Crippen MR) is 48.1 cm³/mol. The van der Waals surface area contributed by atoms with Gasteiger partial charge in [-0.2, -0.15) is 0 Å². The molecule has 0 amide bonds. The Balaban J connectivity index is 0. The summed E-state index contributed by atoms with van der Waals surface area (Å²) in [5, 5.41) is 0. The molecule has 0 heterocycles. The van der Waals surface area contributed by atoms with E-state index in [-0.39, 0.29) is 32.8 Å². The van der Waals surface area contributed by atoms with Crippen LogP contribution in [0.4, 0.5) is 0 Å². The van der Waals surface area contributed by atoms with Crippen molar-refractivity contribution in [1.82, 2.24) is 0 Å². The second-order valence-electron chi connectivity index (χ2n) is 1.81. The molecule has 0 aliphatic heterocycles. The van der Waals surface area contributed by atoms with E-state index >= 15 is 0 Å². The van der Waals surface area contributed by atoms with Crippen LogP contribution in [0.2, 0.25) is 0 Å². The molecule has 0 spiro atoms. The zero-order chi connectivity index (χ0) is 6.53. The molecule has 1 rings (SSSR count). The topological polar surface area (TPSA) is 0 Å². The molecule has 0 nitrogen and oxygen atoms in total. The van der Waals surface area contributed by atoms with Gasteiger partial charge in [0, 0.05) is 20.4 Å². The minimum Gasteiger partial charge on any atom is -0.245 e. The van der Waals surface area contributed by atoms with E-state index in [1.165, 1.54) is 5.56 Å². The van der Waals surface area contributed by atoms with Gasteiger partial charge >= 0.3 is 0 Å². The molecule has 0 saturated heterocycles. The van der Waals surface area contributed by atoms with Crippen molar-refractivity contribution in [2.45, 2.75) is 0 Å². The summed E-state index contributed by atoms with van der Waals surface area (Å²) in [5.41, 5.74) is 1.20. The Hall–Kier alpha value is -0.218. The van der Waals surface area contributed by atoms with Crippen molar-refractivity contribution < 1.29 is 20.4 Å². The first-order chi connectivity index (χ1) is 4.43. The fourth-order valence-electron chi connectivity index (χ4n) is 0.700. The minimum atomic E-state index is 0. The molecule has 0 radical (unpaired) electrons. The van der Waals surface area contributed by atoms with Crippen molar-refractivity contribution >= 4 is 18.5 Å². The average molecular weight is 260 g/mol. The van der Waals surface area contributed by atoms with Gasteiger partial charge in [0.15, 0.2) is 0 Å². The average Bonchev–Trinajstić information content (AvgIpc) is 1.91. The van der Waals surface area contributed by atoms with E-state index < -0.39 is 0 Å². The molecule has 0 unspecified atom stereocenters. The fraction of sp³-hybridized carbons (Fsp3) is 0. The van der Waals surface area contributed by atoms with E-state index in [1.54, 1.807) is 6.08 Å². The molecule has 11 heavy (non-hydrogen) atoms. The first-order valence-electron chi connectivity index (χ1n) is 2.94. The van der Waals surface area contributed by atoms with Crippen LogP contribution in [0, 0.1) is 6.92 Å². The molecule has 1 aromatic carbocycles. The Morgan fingerprint density at radius 1 is 1.09 bits per heavy atom. The number of halogens is 1. The second-order valence-corrected chi connectivity index (χ2v) is 1.81. The third-order valence-corrected chi connectivity index (χ3v) is 1.11. The monoisotopic (exact) mass is 259 g/mol. The molecular weight excluding hydrogens is 250 g/mol. The van der Waals surface area contributed by atoms with Crippen molar-refractivity contribution in [2.24, 2.45) is 0 Å². The Bertz CT molecular complexity index is 194. The van der Waals surface area contributed by atoms with Gasteiger partial charge in [0.2, 0.25) is 0 Å². The number of hydrogen-bond donors (Lipinski definition) is 0. The molecule has 1 aromatic rings. The van der Waals surface area contributed by atoms with Crippen LogP contribution in [0.5, 0.6) is 0 Å². The van der Waals surface area contributed by atoms with Crippen LogP contribution in [-0.4, -0.2) is 0 Å². The molecule has 0 bridgehead atoms. The van der Waals surface area contributed by atoms with E-state index in [9.17, 15) is 0 Å². The number of hydrogen-bond acceptors (Lipinski definition) is 0. The van der Waals surface area contributed by atoms with E-state index in [0.29, 0.717) is 0 Å². The van der Waals surface area contributed by atoms with Gasteiger partial charge in [-0.1, -0.05) is 30.3 Å². The van der Waals surface area contributed by atoms with Crippen LogP contribution < -0.4 is 0 Å². The Labute approximate surface area is 87.8 Å². The van der Waals surface area contributed by atoms with Gasteiger partial charge < -0.3 is 0 Å². The number of allylic oxidation sites excluding steroid dienone is 1. The van der Waals surface area contributed by atoms with Crippen LogP contribution in [0.25, 0.3) is 6.08 Å². The molecule has 0 atom stereocenters. The maximum Gasteiger partial charge on any atom is 0 e. The molecule has 0 aliphatic rings. The van der Waals surface area contributed by atoms with Crippen LogP contribution in [0.3, 0.4) is 0 Å². The maximum atomic E-state index is 3.60. The largest absolute Gasteiger partial charge is 0.245 e. The fourth-order valence-corrected chi connectivity index (χ4v) is 0.700. The Morgan fingerprint density at radius 2 is 1.64 bits per heavy atom. The maximum absolute atomic E-state index is 3.60. The standard InChI is InChI=1S/C9H9.ClH.Pd/c1-2-6-9-7-4-3-5-8-9;;/h2-8H,1H2;1H;/q-1;;. The molecule has 0 fully saturated rings. The summed E-state index contributed by atoms with van der Waals surface area (Å²) in [7, 11) is 0. The molecule has 0 aromatic heterocycles. The van der Waals surface area contributed by atoms with Crippen molar-refractivity contribution in [1.29, 1.82) is 0 Å². The molecule has 64 valence electrons. The van der Waals surface area contributed by atoms with E-state index in [4.69, 9.17) is 0 Å². The van der Waals surface area contributed by atoms with Crippen LogP contribution >= 0.6 is 12.4 Å². The minimum absolute atomic E-state index is 0. The first-order valence-corrected chi connectivity index (χ1v) is 2.94. The summed E-state index contributed by atoms with van der Waals surface area (Å²) in [4.78, 5) is 0. The van der Waals surface area contributed by atoms with Gasteiger partial charge in [-0.25, -0.2) is 19.1 Å². The quantitative estimate of drug-likeness (QED) is 0.538. The van der Waals surface area contributed by atoms with Crippen molar-refractivity contribution in [3.05, 3.63) is 48.9 Å².